The van der Waals surface area contributed by atoms with Gasteiger partial charge in [0.2, 0.25) is 5.91 Å². The summed E-state index contributed by atoms with van der Waals surface area (Å²) >= 11 is 0. The van der Waals surface area contributed by atoms with Crippen LogP contribution >= 0.6 is 0 Å². The number of methoxy groups -OCH3 is 1. The van der Waals surface area contributed by atoms with E-state index in [2.05, 4.69) is 10.1 Å². The monoisotopic (exact) mass is 224 g/mol. The van der Waals surface area contributed by atoms with Crippen molar-refractivity contribution in [2.45, 2.75) is 0 Å². The Hall–Kier alpha value is -0.660. The third-order valence-corrected chi connectivity index (χ3v) is 2.97. The first-order chi connectivity index (χ1) is 6.52. The third kappa shape index (κ3) is 6.81. The Morgan fingerprint density at radius 1 is 1.50 bits per heavy atom. The van der Waals surface area contributed by atoms with Gasteiger partial charge in [0.05, 0.1) is 12.4 Å². The van der Waals surface area contributed by atoms with Gasteiger partial charge >= 0.3 is 0 Å². The van der Waals surface area contributed by atoms with Gasteiger partial charge in [-0.1, -0.05) is 0 Å². The van der Waals surface area contributed by atoms with E-state index in [9.17, 15) is 13.2 Å². The maximum absolute atomic E-state index is 11.1. The molecule has 0 radical (unpaired) electrons. The van der Waals surface area contributed by atoms with Crippen LogP contribution in [0, 0.1) is 0 Å². The van der Waals surface area contributed by atoms with Gasteiger partial charge in [-0.2, -0.15) is 0 Å². The number of ether oxygens (including phenoxy) is 1. The lowest BCUT2D eigenvalue weighted by molar-refractivity contribution is -0.118. The van der Waals surface area contributed by atoms with Crippen LogP contribution in [0.25, 0.3) is 0 Å². The van der Waals surface area contributed by atoms with Gasteiger partial charge in [0.25, 0.3) is 0 Å². The van der Waals surface area contributed by atoms with Gasteiger partial charge in [0.1, 0.15) is 5.75 Å². The van der Waals surface area contributed by atoms with Crippen LogP contribution in [0.15, 0.2) is 0 Å². The number of carbonyl (C=O) groups excluding carboxylic acids is 1. The topological polar surface area (TPSA) is 98.5 Å². The summed E-state index contributed by atoms with van der Waals surface area (Å²) < 4.78 is 26.9. The van der Waals surface area contributed by atoms with Crippen molar-refractivity contribution in [3.63, 3.8) is 0 Å². The Morgan fingerprint density at radius 2 is 2.14 bits per heavy atom. The number of hydrogen-bond acceptors (Lipinski definition) is 5. The molecule has 0 aromatic rings. The van der Waals surface area contributed by atoms with Crippen molar-refractivity contribution >= 4 is 15.7 Å². The summed E-state index contributed by atoms with van der Waals surface area (Å²) in [7, 11) is -1.85. The van der Waals surface area contributed by atoms with E-state index < -0.39 is 21.5 Å². The molecule has 7 heteroatoms. The average Bonchev–Trinajstić information content (AvgIpc) is 2.03. The van der Waals surface area contributed by atoms with Crippen molar-refractivity contribution in [3.8, 4) is 0 Å². The van der Waals surface area contributed by atoms with Gasteiger partial charge in [-0.05, 0) is 0 Å². The SMILES string of the molecule is COCCNC(=O)CS(=O)(=O)CCN. The second-order valence-electron chi connectivity index (χ2n) is 2.72. The molecule has 0 bridgehead atoms. The molecule has 0 rings (SSSR count). The molecule has 0 aromatic heterocycles. The maximum atomic E-state index is 11.1. The van der Waals surface area contributed by atoms with Crippen molar-refractivity contribution in [2.24, 2.45) is 5.73 Å². The molecular weight excluding hydrogens is 208 g/mol. The van der Waals surface area contributed by atoms with E-state index in [4.69, 9.17) is 5.73 Å². The van der Waals surface area contributed by atoms with Crippen molar-refractivity contribution in [3.05, 3.63) is 0 Å². The second kappa shape index (κ2) is 6.74. The number of nitrogens with one attached hydrogen (secondary N) is 1. The van der Waals surface area contributed by atoms with E-state index in [0.29, 0.717) is 13.2 Å². The molecule has 0 atom stereocenters. The second-order valence-corrected chi connectivity index (χ2v) is 4.91. The van der Waals surface area contributed by atoms with E-state index in [-0.39, 0.29) is 12.3 Å². The molecule has 0 spiro atoms. The van der Waals surface area contributed by atoms with E-state index in [1.165, 1.54) is 7.11 Å². The van der Waals surface area contributed by atoms with Gasteiger partial charge in [-0.25, -0.2) is 8.42 Å². The first-order valence-corrected chi connectivity index (χ1v) is 6.00. The fourth-order valence-corrected chi connectivity index (χ4v) is 1.80. The summed E-state index contributed by atoms with van der Waals surface area (Å²) in [6, 6.07) is 0. The number of nitrogens with two attached hydrogens (primary N) is 1. The minimum atomic E-state index is -3.35. The molecule has 0 aliphatic heterocycles. The lowest BCUT2D eigenvalue weighted by Gasteiger charge is -2.04. The largest absolute Gasteiger partial charge is 0.383 e. The summed E-state index contributed by atoms with van der Waals surface area (Å²) in [6.45, 7) is 0.712. The van der Waals surface area contributed by atoms with Crippen LogP contribution in [0.2, 0.25) is 0 Å². The molecule has 0 heterocycles. The molecule has 3 N–H and O–H groups in total. The molecule has 84 valence electrons. The molecule has 0 aliphatic carbocycles. The van der Waals surface area contributed by atoms with Crippen LogP contribution in [0.5, 0.6) is 0 Å². The number of amides is 1. The van der Waals surface area contributed by atoms with Gasteiger partial charge in [-0.3, -0.25) is 4.79 Å². The number of rotatable bonds is 7. The summed E-state index contributed by atoms with van der Waals surface area (Å²) in [6.07, 6.45) is 0. The Bertz CT molecular complexity index is 263. The minimum absolute atomic E-state index is 0.0354. The molecule has 0 fully saturated rings. The van der Waals surface area contributed by atoms with E-state index >= 15 is 0 Å². The number of hydrogen-bond donors (Lipinski definition) is 2. The van der Waals surface area contributed by atoms with E-state index in [1.54, 1.807) is 0 Å². The van der Waals surface area contributed by atoms with Crippen LogP contribution in [-0.2, 0) is 19.4 Å². The van der Waals surface area contributed by atoms with Crippen molar-refractivity contribution in [1.82, 2.24) is 5.32 Å². The maximum Gasteiger partial charge on any atom is 0.235 e. The fraction of sp³-hybridized carbons (Fsp3) is 0.857. The lowest BCUT2D eigenvalue weighted by atomic mass is 10.6. The molecule has 0 aliphatic rings. The predicted octanol–water partition coefficient (Wildman–Crippen LogP) is -1.88. The van der Waals surface area contributed by atoms with Crippen molar-refractivity contribution in [2.75, 3.05) is 38.3 Å². The fourth-order valence-electron chi connectivity index (χ4n) is 0.795. The normalized spacial score (nSPS) is 11.3. The van der Waals surface area contributed by atoms with Gasteiger partial charge in [0, 0.05) is 20.2 Å². The minimum Gasteiger partial charge on any atom is -0.383 e. The zero-order chi connectivity index (χ0) is 11.0. The Kier molecular flexibility index (Phi) is 6.43. The summed E-state index contributed by atoms with van der Waals surface area (Å²) in [5.41, 5.74) is 5.08. The van der Waals surface area contributed by atoms with Gasteiger partial charge < -0.3 is 15.8 Å². The van der Waals surface area contributed by atoms with E-state index in [1.807, 2.05) is 0 Å². The number of carbonyl (C=O) groups is 1. The molecule has 14 heavy (non-hydrogen) atoms. The average molecular weight is 224 g/mol. The zero-order valence-corrected chi connectivity index (χ0v) is 8.97. The van der Waals surface area contributed by atoms with Gasteiger partial charge in [0.15, 0.2) is 9.84 Å². The standard InChI is InChI=1S/C7H16N2O4S/c1-13-4-3-9-7(10)6-14(11,12)5-2-8/h2-6,8H2,1H3,(H,9,10). The highest BCUT2D eigenvalue weighted by atomic mass is 32.2. The van der Waals surface area contributed by atoms with Gasteiger partial charge in [-0.15, -0.1) is 0 Å². The van der Waals surface area contributed by atoms with Crippen molar-refractivity contribution < 1.29 is 17.9 Å². The highest BCUT2D eigenvalue weighted by Crippen LogP contribution is 1.88. The molecule has 1 amide bonds. The molecule has 0 unspecified atom stereocenters. The molecular formula is C7H16N2O4S. The Morgan fingerprint density at radius 3 is 2.64 bits per heavy atom. The molecule has 0 saturated carbocycles. The highest BCUT2D eigenvalue weighted by molar-refractivity contribution is 7.92. The lowest BCUT2D eigenvalue weighted by Crippen LogP contribution is -2.34. The molecule has 0 aromatic carbocycles. The number of sulfone groups is 1. The first kappa shape index (κ1) is 13.3. The molecule has 0 saturated heterocycles. The Labute approximate surface area is 83.7 Å². The quantitative estimate of drug-likeness (QED) is 0.493. The van der Waals surface area contributed by atoms with Crippen LogP contribution < -0.4 is 11.1 Å². The van der Waals surface area contributed by atoms with Crippen LogP contribution in [-0.4, -0.2) is 52.6 Å². The summed E-state index contributed by atoms with van der Waals surface area (Å²) in [4.78, 5) is 11.0. The highest BCUT2D eigenvalue weighted by Gasteiger charge is 2.14. The summed E-state index contributed by atoms with van der Waals surface area (Å²) in [5, 5.41) is 2.41. The zero-order valence-electron chi connectivity index (χ0n) is 8.15. The van der Waals surface area contributed by atoms with E-state index in [0.717, 1.165) is 0 Å². The van der Waals surface area contributed by atoms with Crippen LogP contribution in [0.3, 0.4) is 0 Å². The third-order valence-electron chi connectivity index (χ3n) is 1.41. The van der Waals surface area contributed by atoms with Crippen molar-refractivity contribution in [1.29, 1.82) is 0 Å². The molecule has 6 nitrogen and oxygen atoms in total. The van der Waals surface area contributed by atoms with Crippen LogP contribution in [0.1, 0.15) is 0 Å². The smallest absolute Gasteiger partial charge is 0.235 e. The van der Waals surface area contributed by atoms with Crippen LogP contribution in [0.4, 0.5) is 0 Å². The first-order valence-electron chi connectivity index (χ1n) is 4.18. The summed E-state index contributed by atoms with van der Waals surface area (Å²) in [5.74, 6) is -1.19. The Balaban J connectivity index is 3.82. The predicted molar refractivity (Wildman–Crippen MR) is 52.6 cm³/mol.